The Morgan fingerprint density at radius 1 is 1.36 bits per heavy atom. The number of carbonyl (C=O) groups is 1. The van der Waals surface area contributed by atoms with Crippen LogP contribution in [0.4, 0.5) is 5.82 Å². The summed E-state index contributed by atoms with van der Waals surface area (Å²) in [4.78, 5) is 12.3. The smallest absolute Gasteiger partial charge is 0.231 e. The molecule has 6 heteroatoms. The molecule has 114 valence electrons. The van der Waals surface area contributed by atoms with Crippen LogP contribution in [0.2, 0.25) is 0 Å². The Hall–Kier alpha value is -2.63. The first-order valence-corrected chi connectivity index (χ1v) is 7.44. The molecule has 0 aliphatic rings. The van der Waals surface area contributed by atoms with Gasteiger partial charge in [-0.2, -0.15) is 10.2 Å². The highest BCUT2D eigenvalue weighted by molar-refractivity contribution is 5.94. The van der Waals surface area contributed by atoms with Crippen LogP contribution in [0, 0.1) is 0 Å². The molecule has 0 bridgehead atoms. The molecule has 0 saturated heterocycles. The van der Waals surface area contributed by atoms with Crippen LogP contribution in [0.3, 0.4) is 0 Å². The number of fused-ring (bicyclic) bond motifs is 1. The molecule has 0 aliphatic heterocycles. The van der Waals surface area contributed by atoms with Crippen molar-refractivity contribution in [3.8, 4) is 0 Å². The van der Waals surface area contributed by atoms with Gasteiger partial charge in [-0.1, -0.05) is 25.1 Å². The van der Waals surface area contributed by atoms with Gasteiger partial charge in [-0.3, -0.25) is 9.89 Å². The van der Waals surface area contributed by atoms with E-state index in [9.17, 15) is 4.79 Å². The third-order valence-corrected chi connectivity index (χ3v) is 3.82. The van der Waals surface area contributed by atoms with Gasteiger partial charge in [0.25, 0.3) is 0 Å². The zero-order valence-electron chi connectivity index (χ0n) is 12.7. The lowest BCUT2D eigenvalue weighted by Crippen LogP contribution is -2.19. The van der Waals surface area contributed by atoms with Crippen LogP contribution in [-0.2, 0) is 11.2 Å². The van der Waals surface area contributed by atoms with Gasteiger partial charge in [0, 0.05) is 11.5 Å². The molecule has 2 N–H and O–H groups in total. The number of benzene rings is 1. The first kappa shape index (κ1) is 14.3. The van der Waals surface area contributed by atoms with E-state index in [0.29, 0.717) is 0 Å². The van der Waals surface area contributed by atoms with Crippen molar-refractivity contribution in [2.24, 2.45) is 0 Å². The van der Waals surface area contributed by atoms with Crippen molar-refractivity contribution in [2.45, 2.75) is 32.7 Å². The number of rotatable bonds is 5. The van der Waals surface area contributed by atoms with Crippen molar-refractivity contribution in [1.29, 1.82) is 0 Å². The Kier molecular flexibility index (Phi) is 3.91. The molecule has 0 radical (unpaired) electrons. The third kappa shape index (κ3) is 2.72. The summed E-state index contributed by atoms with van der Waals surface area (Å²) < 4.78 is 1.84. The number of aromatic nitrogens is 4. The molecular weight excluding hydrogens is 278 g/mol. The highest BCUT2D eigenvalue weighted by atomic mass is 16.1. The zero-order chi connectivity index (χ0) is 15.5. The van der Waals surface area contributed by atoms with Gasteiger partial charge in [-0.15, -0.1) is 0 Å². The number of H-pyrrole nitrogens is 1. The Morgan fingerprint density at radius 3 is 3.00 bits per heavy atom. The average molecular weight is 297 g/mol. The topological polar surface area (TPSA) is 75.6 Å². The second kappa shape index (κ2) is 6.01. The van der Waals surface area contributed by atoms with E-state index in [1.807, 2.05) is 35.0 Å². The van der Waals surface area contributed by atoms with Crippen LogP contribution in [0.1, 0.15) is 32.0 Å². The Labute approximate surface area is 128 Å². The van der Waals surface area contributed by atoms with Crippen LogP contribution >= 0.6 is 0 Å². The molecule has 1 unspecified atom stereocenters. The number of anilines is 1. The molecule has 0 saturated carbocycles. The number of carbonyl (C=O) groups excluding carboxylic acids is 1. The predicted octanol–water partition coefficient (Wildman–Crippen LogP) is 2.91. The number of hydrogen-bond acceptors (Lipinski definition) is 3. The summed E-state index contributed by atoms with van der Waals surface area (Å²) in [6, 6.07) is 9.82. The molecule has 2 heterocycles. The van der Waals surface area contributed by atoms with Gasteiger partial charge < -0.3 is 5.32 Å². The Balaban J connectivity index is 1.74. The average Bonchev–Trinajstić information content (AvgIpc) is 3.14. The Morgan fingerprint density at radius 2 is 2.18 bits per heavy atom. The summed E-state index contributed by atoms with van der Waals surface area (Å²) in [7, 11) is 0. The first-order chi connectivity index (χ1) is 10.7. The maximum absolute atomic E-state index is 12.3. The molecule has 2 aromatic heterocycles. The lowest BCUT2D eigenvalue weighted by atomic mass is 10.1. The summed E-state index contributed by atoms with van der Waals surface area (Å²) in [6.45, 7) is 4.17. The molecule has 3 aromatic rings. The molecule has 1 atom stereocenters. The molecule has 0 spiro atoms. The van der Waals surface area contributed by atoms with E-state index in [0.717, 1.165) is 28.8 Å². The van der Waals surface area contributed by atoms with Crippen LogP contribution in [0.25, 0.3) is 10.9 Å². The maximum Gasteiger partial charge on any atom is 0.231 e. The highest BCUT2D eigenvalue weighted by Gasteiger charge is 2.13. The SMILES string of the molecule is CCC(C)n1nccc1NC(=O)Cc1[nH]nc2ccccc12. The van der Waals surface area contributed by atoms with Crippen LogP contribution in [-0.4, -0.2) is 25.9 Å². The van der Waals surface area contributed by atoms with E-state index in [2.05, 4.69) is 34.5 Å². The van der Waals surface area contributed by atoms with Crippen LogP contribution < -0.4 is 5.32 Å². The molecule has 1 aromatic carbocycles. The predicted molar refractivity (Wildman–Crippen MR) is 85.7 cm³/mol. The molecule has 0 fully saturated rings. The number of nitrogens with one attached hydrogen (secondary N) is 2. The minimum atomic E-state index is -0.0838. The van der Waals surface area contributed by atoms with Gasteiger partial charge in [0.2, 0.25) is 5.91 Å². The summed E-state index contributed by atoms with van der Waals surface area (Å²) >= 11 is 0. The van der Waals surface area contributed by atoms with E-state index in [1.165, 1.54) is 0 Å². The largest absolute Gasteiger partial charge is 0.311 e. The molecule has 0 aliphatic carbocycles. The maximum atomic E-state index is 12.3. The molecular formula is C16H19N5O. The fraction of sp³-hybridized carbons (Fsp3) is 0.312. The van der Waals surface area contributed by atoms with Gasteiger partial charge in [0.05, 0.1) is 29.9 Å². The summed E-state index contributed by atoms with van der Waals surface area (Å²) in [6.07, 6.45) is 2.91. The van der Waals surface area contributed by atoms with E-state index in [1.54, 1.807) is 6.20 Å². The standard InChI is InChI=1S/C16H19N5O/c1-3-11(2)21-15(8-9-17-21)18-16(22)10-14-12-6-4-5-7-13(12)19-20-14/h4-9,11H,3,10H2,1-2H3,(H,18,22)(H,19,20). The second-order valence-electron chi connectivity index (χ2n) is 5.36. The minimum Gasteiger partial charge on any atom is -0.311 e. The van der Waals surface area contributed by atoms with E-state index >= 15 is 0 Å². The van der Waals surface area contributed by atoms with Crippen molar-refractivity contribution in [1.82, 2.24) is 20.0 Å². The monoisotopic (exact) mass is 297 g/mol. The minimum absolute atomic E-state index is 0.0838. The highest BCUT2D eigenvalue weighted by Crippen LogP contribution is 2.18. The molecule has 3 rings (SSSR count). The fourth-order valence-corrected chi connectivity index (χ4v) is 2.43. The van der Waals surface area contributed by atoms with Gasteiger partial charge in [-0.05, 0) is 19.4 Å². The van der Waals surface area contributed by atoms with Crippen molar-refractivity contribution in [2.75, 3.05) is 5.32 Å². The Bertz CT molecular complexity index is 789. The zero-order valence-corrected chi connectivity index (χ0v) is 12.7. The molecule has 1 amide bonds. The molecule has 6 nitrogen and oxygen atoms in total. The van der Waals surface area contributed by atoms with Crippen LogP contribution in [0.5, 0.6) is 0 Å². The number of amides is 1. The molecule has 22 heavy (non-hydrogen) atoms. The van der Waals surface area contributed by atoms with Crippen LogP contribution in [0.15, 0.2) is 36.5 Å². The van der Waals surface area contributed by atoms with Crippen molar-refractivity contribution >= 4 is 22.6 Å². The van der Waals surface area contributed by atoms with E-state index < -0.39 is 0 Å². The van der Waals surface area contributed by atoms with Gasteiger partial charge in [0.15, 0.2) is 0 Å². The van der Waals surface area contributed by atoms with Crippen molar-refractivity contribution in [3.63, 3.8) is 0 Å². The van der Waals surface area contributed by atoms with E-state index in [-0.39, 0.29) is 18.4 Å². The number of nitrogens with zero attached hydrogens (tertiary/aromatic N) is 3. The summed E-state index contributed by atoms with van der Waals surface area (Å²) in [5.74, 6) is 0.641. The van der Waals surface area contributed by atoms with Crippen molar-refractivity contribution < 1.29 is 4.79 Å². The quantitative estimate of drug-likeness (QED) is 0.760. The van der Waals surface area contributed by atoms with Gasteiger partial charge >= 0.3 is 0 Å². The third-order valence-electron chi connectivity index (χ3n) is 3.82. The number of aromatic amines is 1. The summed E-state index contributed by atoms with van der Waals surface area (Å²) in [5, 5.41) is 15.3. The number of hydrogen-bond donors (Lipinski definition) is 2. The first-order valence-electron chi connectivity index (χ1n) is 7.44. The normalized spacial score (nSPS) is 12.5. The van der Waals surface area contributed by atoms with Gasteiger partial charge in [0.1, 0.15) is 5.82 Å². The lowest BCUT2D eigenvalue weighted by molar-refractivity contribution is -0.115. The summed E-state index contributed by atoms with van der Waals surface area (Å²) in [5.41, 5.74) is 1.69. The van der Waals surface area contributed by atoms with E-state index in [4.69, 9.17) is 0 Å². The lowest BCUT2D eigenvalue weighted by Gasteiger charge is -2.14. The fourth-order valence-electron chi connectivity index (χ4n) is 2.43. The van der Waals surface area contributed by atoms with Gasteiger partial charge in [-0.25, -0.2) is 4.68 Å². The van der Waals surface area contributed by atoms with Crippen molar-refractivity contribution in [3.05, 3.63) is 42.2 Å². The second-order valence-corrected chi connectivity index (χ2v) is 5.36. The number of para-hydroxylation sites is 1.